The Labute approximate surface area is 208 Å². The Morgan fingerprint density at radius 3 is 2.28 bits per heavy atom. The number of esters is 1. The molecular weight excluding hydrogens is 460 g/mol. The molecule has 184 valence electrons. The largest absolute Gasteiger partial charge is 0.508 e. The second kappa shape index (κ2) is 9.13. The van der Waals surface area contributed by atoms with E-state index in [9.17, 15) is 19.5 Å². The van der Waals surface area contributed by atoms with E-state index in [0.717, 1.165) is 0 Å². The maximum absolute atomic E-state index is 14.0. The number of nitrogens with zero attached hydrogens (tertiary/aromatic N) is 1. The normalized spacial score (nSPS) is 25.1. The first-order valence-corrected chi connectivity index (χ1v) is 11.6. The molecule has 4 atom stereocenters. The molecule has 2 aliphatic heterocycles. The van der Waals surface area contributed by atoms with Crippen molar-refractivity contribution in [3.63, 3.8) is 0 Å². The summed E-state index contributed by atoms with van der Waals surface area (Å²) in [4.78, 5) is 42.6. The van der Waals surface area contributed by atoms with Crippen LogP contribution in [0.3, 0.4) is 0 Å². The van der Waals surface area contributed by atoms with E-state index in [4.69, 9.17) is 9.47 Å². The Morgan fingerprint density at radius 1 is 0.944 bits per heavy atom. The first kappa shape index (κ1) is 23.6. The second-order valence-electron chi connectivity index (χ2n) is 9.02. The Morgan fingerprint density at radius 2 is 1.61 bits per heavy atom. The molecule has 2 aliphatic rings. The highest BCUT2D eigenvalue weighted by molar-refractivity contribution is 6.24. The lowest BCUT2D eigenvalue weighted by molar-refractivity contribution is -0.152. The summed E-state index contributed by atoms with van der Waals surface area (Å²) in [5.74, 6) is -2.78. The molecule has 3 aromatic carbocycles. The van der Waals surface area contributed by atoms with Crippen LogP contribution >= 0.6 is 0 Å². The number of carbonyl (C=O) groups is 3. The lowest BCUT2D eigenvalue weighted by atomic mass is 9.76. The number of anilines is 1. The van der Waals surface area contributed by atoms with E-state index in [1.807, 2.05) is 18.2 Å². The van der Waals surface area contributed by atoms with Gasteiger partial charge in [0.05, 0.1) is 31.7 Å². The van der Waals surface area contributed by atoms with Gasteiger partial charge in [-0.2, -0.15) is 0 Å². The fourth-order valence-corrected chi connectivity index (χ4v) is 5.57. The summed E-state index contributed by atoms with van der Waals surface area (Å²) >= 11 is 0. The summed E-state index contributed by atoms with van der Waals surface area (Å²) in [5.41, 5.74) is 0.285. The predicted molar refractivity (Wildman–Crippen MR) is 131 cm³/mol. The van der Waals surface area contributed by atoms with Crippen molar-refractivity contribution in [2.75, 3.05) is 19.1 Å². The minimum atomic E-state index is -1.53. The number of fused-ring (bicyclic) bond motifs is 1. The second-order valence-corrected chi connectivity index (χ2v) is 9.02. The first-order valence-electron chi connectivity index (χ1n) is 11.6. The molecule has 2 fully saturated rings. The Bertz CT molecular complexity index is 1310. The fourth-order valence-electron chi connectivity index (χ4n) is 5.57. The molecule has 0 aliphatic carbocycles. The van der Waals surface area contributed by atoms with Gasteiger partial charge >= 0.3 is 5.97 Å². The quantitative estimate of drug-likeness (QED) is 0.408. The number of para-hydroxylation sites is 2. The van der Waals surface area contributed by atoms with Crippen molar-refractivity contribution in [2.24, 2.45) is 11.8 Å². The molecule has 3 aromatic rings. The maximum Gasteiger partial charge on any atom is 0.327 e. The number of aromatic hydroxyl groups is 1. The zero-order valence-electron chi connectivity index (χ0n) is 19.9. The monoisotopic (exact) mass is 486 g/mol. The van der Waals surface area contributed by atoms with E-state index in [1.54, 1.807) is 48.5 Å². The Balaban J connectivity index is 1.69. The molecule has 0 unspecified atom stereocenters. The van der Waals surface area contributed by atoms with E-state index < -0.39 is 41.2 Å². The van der Waals surface area contributed by atoms with Gasteiger partial charge in [0, 0.05) is 18.0 Å². The number of hydrogen-bond donors (Lipinski definition) is 2. The summed E-state index contributed by atoms with van der Waals surface area (Å²) in [7, 11) is 2.80. The molecule has 2 amide bonds. The van der Waals surface area contributed by atoms with Crippen LogP contribution in [0.2, 0.25) is 0 Å². The van der Waals surface area contributed by atoms with Crippen molar-refractivity contribution >= 4 is 23.5 Å². The van der Waals surface area contributed by atoms with Gasteiger partial charge in [0.15, 0.2) is 0 Å². The van der Waals surface area contributed by atoms with Crippen LogP contribution in [0.1, 0.15) is 17.2 Å². The molecule has 2 heterocycles. The molecule has 2 N–H and O–H groups in total. The molecule has 36 heavy (non-hydrogen) atoms. The van der Waals surface area contributed by atoms with Gasteiger partial charge in [0.2, 0.25) is 11.8 Å². The third-order valence-electron chi connectivity index (χ3n) is 7.11. The van der Waals surface area contributed by atoms with Crippen molar-refractivity contribution in [3.8, 4) is 11.5 Å². The van der Waals surface area contributed by atoms with Crippen LogP contribution in [-0.4, -0.2) is 42.6 Å². The van der Waals surface area contributed by atoms with Crippen molar-refractivity contribution in [3.05, 3.63) is 90.0 Å². The van der Waals surface area contributed by atoms with E-state index in [1.165, 1.54) is 31.3 Å². The van der Waals surface area contributed by atoms with E-state index in [2.05, 4.69) is 5.32 Å². The summed E-state index contributed by atoms with van der Waals surface area (Å²) in [6.45, 7) is 0. The molecule has 8 heteroatoms. The highest BCUT2D eigenvalue weighted by Crippen LogP contribution is 2.52. The van der Waals surface area contributed by atoms with Crippen LogP contribution in [0, 0.1) is 11.8 Å². The van der Waals surface area contributed by atoms with E-state index >= 15 is 0 Å². The average Bonchev–Trinajstić information content (AvgIpc) is 3.39. The third-order valence-corrected chi connectivity index (χ3v) is 7.11. The topological polar surface area (TPSA) is 105 Å². The van der Waals surface area contributed by atoms with E-state index in [-0.39, 0.29) is 12.2 Å². The highest BCUT2D eigenvalue weighted by atomic mass is 16.5. The molecule has 8 nitrogen and oxygen atoms in total. The third kappa shape index (κ3) is 3.61. The number of imide groups is 1. The fraction of sp³-hybridized carbons (Fsp3) is 0.250. The minimum Gasteiger partial charge on any atom is -0.508 e. The van der Waals surface area contributed by atoms with E-state index in [0.29, 0.717) is 22.6 Å². The Hall–Kier alpha value is -4.17. The van der Waals surface area contributed by atoms with Gasteiger partial charge in [-0.15, -0.1) is 0 Å². The van der Waals surface area contributed by atoms with Crippen molar-refractivity contribution in [1.29, 1.82) is 0 Å². The lowest BCUT2D eigenvalue weighted by Gasteiger charge is -2.33. The molecule has 5 rings (SSSR count). The van der Waals surface area contributed by atoms with Crippen molar-refractivity contribution in [2.45, 2.75) is 18.0 Å². The number of methoxy groups -OCH3 is 2. The van der Waals surface area contributed by atoms with Crippen molar-refractivity contribution in [1.82, 2.24) is 5.32 Å². The summed E-state index contributed by atoms with van der Waals surface area (Å²) in [6.07, 6.45) is 0.0778. The number of nitrogens with one attached hydrogen (secondary N) is 1. The Kier molecular flexibility index (Phi) is 5.97. The number of ether oxygens (including phenoxy) is 2. The number of phenolic OH excluding ortho intramolecular Hbond substituents is 1. The van der Waals surface area contributed by atoms with Crippen LogP contribution in [-0.2, 0) is 25.5 Å². The predicted octanol–water partition coefficient (Wildman–Crippen LogP) is 3.01. The molecule has 0 bridgehead atoms. The molecule has 0 spiro atoms. The van der Waals surface area contributed by atoms with Gasteiger partial charge < -0.3 is 14.6 Å². The van der Waals surface area contributed by atoms with Gasteiger partial charge in [0.25, 0.3) is 0 Å². The highest BCUT2D eigenvalue weighted by Gasteiger charge is 2.69. The van der Waals surface area contributed by atoms with Crippen LogP contribution in [0.15, 0.2) is 78.9 Å². The minimum absolute atomic E-state index is 0.0778. The van der Waals surface area contributed by atoms with Gasteiger partial charge in [-0.3, -0.25) is 19.7 Å². The maximum atomic E-state index is 14.0. The number of carbonyl (C=O) groups excluding carboxylic acids is 3. The lowest BCUT2D eigenvalue weighted by Crippen LogP contribution is -2.57. The van der Waals surface area contributed by atoms with Crippen LogP contribution < -0.4 is 15.0 Å². The van der Waals surface area contributed by atoms with Crippen LogP contribution in [0.5, 0.6) is 11.5 Å². The van der Waals surface area contributed by atoms with Gasteiger partial charge in [-0.1, -0.05) is 48.5 Å². The number of amides is 2. The summed E-state index contributed by atoms with van der Waals surface area (Å²) in [5, 5.41) is 13.1. The van der Waals surface area contributed by atoms with Gasteiger partial charge in [-0.25, -0.2) is 4.90 Å². The standard InChI is InChI=1S/C28H26N2O6/c1-35-21-11-7-6-10-20(21)24-22-23(26(33)30(25(22)32)18-8-4-3-5-9-18)28(29-24,27(34)36-2)16-17-12-14-19(31)15-13-17/h3-15,22-24,29,31H,16H2,1-2H3/t22-,23-,24+,28-/m0/s1. The molecule has 0 aromatic heterocycles. The molecule has 0 saturated carbocycles. The van der Waals surface area contributed by atoms with Crippen molar-refractivity contribution < 1.29 is 29.0 Å². The number of benzene rings is 3. The summed E-state index contributed by atoms with van der Waals surface area (Å²) in [6, 6.07) is 21.7. The van der Waals surface area contributed by atoms with Gasteiger partial charge in [-0.05, 0) is 35.9 Å². The molecular formula is C28H26N2O6. The zero-order chi connectivity index (χ0) is 25.4. The number of hydrogen-bond acceptors (Lipinski definition) is 7. The number of phenols is 1. The molecule has 2 saturated heterocycles. The molecule has 0 radical (unpaired) electrons. The zero-order valence-corrected chi connectivity index (χ0v) is 19.9. The summed E-state index contributed by atoms with van der Waals surface area (Å²) < 4.78 is 10.8. The van der Waals surface area contributed by atoms with Crippen LogP contribution in [0.25, 0.3) is 0 Å². The average molecular weight is 487 g/mol. The smallest absolute Gasteiger partial charge is 0.327 e. The van der Waals surface area contributed by atoms with Gasteiger partial charge in [0.1, 0.15) is 17.0 Å². The van der Waals surface area contributed by atoms with Crippen LogP contribution in [0.4, 0.5) is 5.69 Å². The number of rotatable bonds is 6. The first-order chi connectivity index (χ1) is 17.4. The SMILES string of the molecule is COC(=O)[C@@]1(Cc2ccc(O)cc2)N[C@H](c2ccccc2OC)[C@H]2C(=O)N(c3ccccc3)C(=O)[C@H]21.